The van der Waals surface area contributed by atoms with Gasteiger partial charge in [-0.3, -0.25) is 9.89 Å². The van der Waals surface area contributed by atoms with Crippen molar-refractivity contribution in [1.29, 1.82) is 0 Å². The lowest BCUT2D eigenvalue weighted by Gasteiger charge is -2.14. The zero-order chi connectivity index (χ0) is 14.5. The molecule has 1 unspecified atom stereocenters. The molecule has 0 fully saturated rings. The number of aryl methyl sites for hydroxylation is 2. The molecule has 0 radical (unpaired) electrons. The predicted octanol–water partition coefficient (Wildman–Crippen LogP) is 2.84. The predicted molar refractivity (Wildman–Crippen MR) is 79.4 cm³/mol. The molecule has 1 heterocycles. The van der Waals surface area contributed by atoms with E-state index < -0.39 is 0 Å². The van der Waals surface area contributed by atoms with Crippen LogP contribution >= 0.6 is 0 Å². The van der Waals surface area contributed by atoms with E-state index in [4.69, 9.17) is 0 Å². The number of H-pyrrole nitrogens is 1. The van der Waals surface area contributed by atoms with Crippen LogP contribution in [0.2, 0.25) is 0 Å². The fourth-order valence-electron chi connectivity index (χ4n) is 2.32. The Kier molecular flexibility index (Phi) is 4.56. The first-order chi connectivity index (χ1) is 9.58. The molecule has 2 N–H and O–H groups in total. The summed E-state index contributed by atoms with van der Waals surface area (Å²) < 4.78 is 0. The van der Waals surface area contributed by atoms with E-state index in [1.54, 1.807) is 0 Å². The maximum atomic E-state index is 12.0. The monoisotopic (exact) mass is 271 g/mol. The van der Waals surface area contributed by atoms with Gasteiger partial charge >= 0.3 is 0 Å². The van der Waals surface area contributed by atoms with Gasteiger partial charge in [-0.2, -0.15) is 5.10 Å². The molecule has 1 aromatic carbocycles. The maximum Gasteiger partial charge on any atom is 0.220 e. The van der Waals surface area contributed by atoms with E-state index in [-0.39, 0.29) is 11.9 Å². The Bertz CT molecular complexity index is 555. The van der Waals surface area contributed by atoms with E-state index in [1.807, 2.05) is 51.1 Å². The molecule has 1 atom stereocenters. The summed E-state index contributed by atoms with van der Waals surface area (Å²) in [4.78, 5) is 12.0. The Balaban J connectivity index is 1.87. The third-order valence-corrected chi connectivity index (χ3v) is 3.56. The van der Waals surface area contributed by atoms with Crippen LogP contribution in [0, 0.1) is 13.8 Å². The highest BCUT2D eigenvalue weighted by Crippen LogP contribution is 2.14. The van der Waals surface area contributed by atoms with Crippen molar-refractivity contribution in [1.82, 2.24) is 15.5 Å². The summed E-state index contributed by atoms with van der Waals surface area (Å²) in [6, 6.07) is 10.0. The van der Waals surface area contributed by atoms with Crippen LogP contribution < -0.4 is 5.32 Å². The summed E-state index contributed by atoms with van der Waals surface area (Å²) in [5.74, 6) is 0.0707. The Hall–Kier alpha value is -2.10. The van der Waals surface area contributed by atoms with Gasteiger partial charge in [-0.15, -0.1) is 0 Å². The Labute approximate surface area is 119 Å². The second kappa shape index (κ2) is 6.37. The molecule has 0 aliphatic carbocycles. The Morgan fingerprint density at radius 2 is 2.00 bits per heavy atom. The molecule has 20 heavy (non-hydrogen) atoms. The number of benzene rings is 1. The summed E-state index contributed by atoms with van der Waals surface area (Å²) >= 11 is 0. The van der Waals surface area contributed by atoms with Crippen LogP contribution in [0.5, 0.6) is 0 Å². The van der Waals surface area contributed by atoms with Gasteiger partial charge in [0.2, 0.25) is 5.91 Å². The third kappa shape index (κ3) is 3.47. The van der Waals surface area contributed by atoms with Gasteiger partial charge in [0.1, 0.15) is 0 Å². The first-order valence-corrected chi connectivity index (χ1v) is 6.92. The number of aromatic nitrogens is 2. The van der Waals surface area contributed by atoms with Crippen LogP contribution in [0.25, 0.3) is 0 Å². The molecule has 0 aliphatic rings. The van der Waals surface area contributed by atoms with Gasteiger partial charge in [0.25, 0.3) is 0 Å². The topological polar surface area (TPSA) is 57.8 Å². The van der Waals surface area contributed by atoms with Gasteiger partial charge in [0.05, 0.1) is 11.7 Å². The zero-order valence-electron chi connectivity index (χ0n) is 12.2. The molecular weight excluding hydrogens is 250 g/mol. The summed E-state index contributed by atoms with van der Waals surface area (Å²) in [5.41, 5.74) is 4.29. The van der Waals surface area contributed by atoms with Gasteiger partial charge in [-0.05, 0) is 38.3 Å². The van der Waals surface area contributed by atoms with E-state index in [0.717, 1.165) is 28.9 Å². The molecule has 4 nitrogen and oxygen atoms in total. The van der Waals surface area contributed by atoms with Crippen LogP contribution in [0.15, 0.2) is 30.3 Å². The molecule has 2 rings (SSSR count). The number of hydrogen-bond acceptors (Lipinski definition) is 2. The van der Waals surface area contributed by atoms with E-state index in [1.165, 1.54) is 0 Å². The van der Waals surface area contributed by atoms with Gasteiger partial charge in [0.15, 0.2) is 0 Å². The normalized spacial score (nSPS) is 12.2. The van der Waals surface area contributed by atoms with Crippen LogP contribution in [-0.4, -0.2) is 16.1 Å². The van der Waals surface area contributed by atoms with E-state index >= 15 is 0 Å². The molecule has 0 saturated carbocycles. The lowest BCUT2D eigenvalue weighted by atomic mass is 10.1. The number of nitrogens with zero attached hydrogens (tertiary/aromatic N) is 1. The smallest absolute Gasteiger partial charge is 0.220 e. The minimum Gasteiger partial charge on any atom is -0.350 e. The maximum absolute atomic E-state index is 12.0. The van der Waals surface area contributed by atoms with Crippen molar-refractivity contribution in [3.8, 4) is 0 Å². The highest BCUT2D eigenvalue weighted by Gasteiger charge is 2.12. The fraction of sp³-hybridized carbons (Fsp3) is 0.375. The average molecular weight is 271 g/mol. The minimum atomic E-state index is 0.0373. The quantitative estimate of drug-likeness (QED) is 0.878. The van der Waals surface area contributed by atoms with Crippen LogP contribution in [0.1, 0.15) is 41.9 Å². The average Bonchev–Trinajstić information content (AvgIpc) is 2.77. The lowest BCUT2D eigenvalue weighted by Crippen LogP contribution is -2.26. The standard InChI is InChI=1S/C16H21N3O/c1-11(14-7-5-4-6-8-14)17-16(20)10-9-15-12(2)18-19-13(15)3/h4-8,11H,9-10H2,1-3H3,(H,17,20)(H,18,19). The third-order valence-electron chi connectivity index (χ3n) is 3.56. The summed E-state index contributed by atoms with van der Waals surface area (Å²) in [5, 5.41) is 10.1. The van der Waals surface area contributed by atoms with Crippen LogP contribution in [-0.2, 0) is 11.2 Å². The Morgan fingerprint density at radius 3 is 2.60 bits per heavy atom. The van der Waals surface area contributed by atoms with E-state index in [9.17, 15) is 4.79 Å². The molecule has 0 bridgehead atoms. The first-order valence-electron chi connectivity index (χ1n) is 6.92. The largest absolute Gasteiger partial charge is 0.350 e. The van der Waals surface area contributed by atoms with Gasteiger partial charge in [0, 0.05) is 12.1 Å². The van der Waals surface area contributed by atoms with E-state index in [2.05, 4.69) is 15.5 Å². The molecule has 4 heteroatoms. The first kappa shape index (κ1) is 14.3. The number of nitrogens with one attached hydrogen (secondary N) is 2. The number of carbonyl (C=O) groups is 1. The van der Waals surface area contributed by atoms with Gasteiger partial charge < -0.3 is 5.32 Å². The van der Waals surface area contributed by atoms with Crippen molar-refractivity contribution >= 4 is 5.91 Å². The lowest BCUT2D eigenvalue weighted by molar-refractivity contribution is -0.121. The van der Waals surface area contributed by atoms with Gasteiger partial charge in [-0.25, -0.2) is 0 Å². The number of amides is 1. The van der Waals surface area contributed by atoms with Crippen molar-refractivity contribution in [2.24, 2.45) is 0 Å². The van der Waals surface area contributed by atoms with Crippen LogP contribution in [0.4, 0.5) is 0 Å². The molecule has 2 aromatic rings. The molecule has 0 aliphatic heterocycles. The minimum absolute atomic E-state index is 0.0373. The zero-order valence-corrected chi connectivity index (χ0v) is 12.2. The SMILES string of the molecule is Cc1n[nH]c(C)c1CCC(=O)NC(C)c1ccccc1. The molecule has 106 valence electrons. The molecular formula is C16H21N3O. The highest BCUT2D eigenvalue weighted by atomic mass is 16.1. The molecule has 1 aromatic heterocycles. The van der Waals surface area contributed by atoms with Crippen molar-refractivity contribution in [3.05, 3.63) is 52.8 Å². The van der Waals surface area contributed by atoms with Gasteiger partial charge in [-0.1, -0.05) is 30.3 Å². The number of hydrogen-bond donors (Lipinski definition) is 2. The summed E-state index contributed by atoms with van der Waals surface area (Å²) in [6.07, 6.45) is 1.21. The van der Waals surface area contributed by atoms with Crippen LogP contribution in [0.3, 0.4) is 0 Å². The number of carbonyl (C=O) groups excluding carboxylic acids is 1. The highest BCUT2D eigenvalue weighted by molar-refractivity contribution is 5.76. The van der Waals surface area contributed by atoms with Crippen molar-refractivity contribution < 1.29 is 4.79 Å². The number of aromatic amines is 1. The number of rotatable bonds is 5. The van der Waals surface area contributed by atoms with Crippen molar-refractivity contribution in [2.75, 3.05) is 0 Å². The summed E-state index contributed by atoms with van der Waals surface area (Å²) in [6.45, 7) is 5.95. The van der Waals surface area contributed by atoms with Crippen molar-refractivity contribution in [3.63, 3.8) is 0 Å². The van der Waals surface area contributed by atoms with E-state index in [0.29, 0.717) is 6.42 Å². The fourth-order valence-corrected chi connectivity index (χ4v) is 2.32. The second-order valence-electron chi connectivity index (χ2n) is 5.11. The second-order valence-corrected chi connectivity index (χ2v) is 5.11. The molecule has 0 saturated heterocycles. The van der Waals surface area contributed by atoms with Crippen molar-refractivity contribution in [2.45, 2.75) is 39.7 Å². The summed E-state index contributed by atoms with van der Waals surface area (Å²) in [7, 11) is 0. The Morgan fingerprint density at radius 1 is 1.30 bits per heavy atom. The molecule has 0 spiro atoms. The molecule has 1 amide bonds.